The molecule has 0 aliphatic heterocycles. The summed E-state index contributed by atoms with van der Waals surface area (Å²) in [6.07, 6.45) is 3.90. The molecule has 21 heavy (non-hydrogen) atoms. The van der Waals surface area contributed by atoms with Crippen molar-refractivity contribution in [3.05, 3.63) is 30.1 Å². The van der Waals surface area contributed by atoms with Crippen LogP contribution in [0, 0.1) is 34.4 Å². The van der Waals surface area contributed by atoms with Crippen molar-refractivity contribution in [1.82, 2.24) is 0 Å². The van der Waals surface area contributed by atoms with Crippen LogP contribution in [0.3, 0.4) is 0 Å². The Balaban J connectivity index is 2.10. The van der Waals surface area contributed by atoms with Crippen LogP contribution in [0.1, 0.15) is 46.5 Å². The molecular weight excluding hydrogens is 265 g/mol. The smallest absolute Gasteiger partial charge is 0.123 e. The Morgan fingerprint density at radius 2 is 1.95 bits per heavy atom. The number of ether oxygens (including phenoxy) is 1. The molecule has 0 radical (unpaired) electrons. The average Bonchev–Trinajstić information content (AvgIpc) is 2.49. The average molecular weight is 289 g/mol. The van der Waals surface area contributed by atoms with Crippen LogP contribution in [0.25, 0.3) is 0 Å². The van der Waals surface area contributed by atoms with Gasteiger partial charge in [-0.15, -0.1) is 0 Å². The van der Waals surface area contributed by atoms with Crippen molar-refractivity contribution in [1.29, 1.82) is 5.26 Å². The Kier molecular flexibility index (Phi) is 4.88. The predicted molar refractivity (Wildman–Crippen MR) is 81.3 cm³/mol. The molecule has 1 saturated carbocycles. The maximum absolute atomic E-state index is 13.0. The third-order valence-corrected chi connectivity index (χ3v) is 5.08. The monoisotopic (exact) mass is 289 g/mol. The summed E-state index contributed by atoms with van der Waals surface area (Å²) in [7, 11) is 0. The van der Waals surface area contributed by atoms with Crippen molar-refractivity contribution in [3.8, 4) is 11.8 Å². The lowest BCUT2D eigenvalue weighted by Crippen LogP contribution is -2.38. The van der Waals surface area contributed by atoms with Gasteiger partial charge in [0.15, 0.2) is 0 Å². The maximum atomic E-state index is 13.0. The van der Waals surface area contributed by atoms with Crippen LogP contribution in [0.15, 0.2) is 24.3 Å². The van der Waals surface area contributed by atoms with E-state index in [2.05, 4.69) is 26.8 Å². The second-order valence-corrected chi connectivity index (χ2v) is 6.70. The van der Waals surface area contributed by atoms with Gasteiger partial charge in [-0.2, -0.15) is 5.26 Å². The summed E-state index contributed by atoms with van der Waals surface area (Å²) in [4.78, 5) is 0. The minimum atomic E-state index is -0.271. The van der Waals surface area contributed by atoms with Gasteiger partial charge in [-0.25, -0.2) is 4.39 Å². The van der Waals surface area contributed by atoms with Crippen molar-refractivity contribution >= 4 is 0 Å². The van der Waals surface area contributed by atoms with Gasteiger partial charge >= 0.3 is 0 Å². The van der Waals surface area contributed by atoms with E-state index in [4.69, 9.17) is 4.74 Å². The Bertz CT molecular complexity index is 503. The minimum Gasteiger partial charge on any atom is -0.489 e. The topological polar surface area (TPSA) is 33.0 Å². The molecule has 0 saturated heterocycles. The Morgan fingerprint density at radius 1 is 1.29 bits per heavy atom. The van der Waals surface area contributed by atoms with E-state index in [1.807, 2.05) is 0 Å². The molecule has 3 heteroatoms. The fraction of sp³-hybridized carbons (Fsp3) is 0.611. The third-order valence-electron chi connectivity index (χ3n) is 5.08. The largest absolute Gasteiger partial charge is 0.489 e. The molecule has 0 bridgehead atoms. The number of halogens is 1. The number of benzene rings is 1. The summed E-state index contributed by atoms with van der Waals surface area (Å²) in [6.45, 7) is 6.80. The van der Waals surface area contributed by atoms with Gasteiger partial charge < -0.3 is 4.74 Å². The Labute approximate surface area is 126 Å². The maximum Gasteiger partial charge on any atom is 0.123 e. The molecule has 2 nitrogen and oxygen atoms in total. The lowest BCUT2D eigenvalue weighted by Gasteiger charge is -2.41. The van der Waals surface area contributed by atoms with Crippen molar-refractivity contribution in [2.45, 2.75) is 52.6 Å². The quantitative estimate of drug-likeness (QED) is 0.785. The highest BCUT2D eigenvalue weighted by Crippen LogP contribution is 2.43. The number of nitriles is 1. The summed E-state index contributed by atoms with van der Waals surface area (Å²) in [5, 5.41) is 9.34. The van der Waals surface area contributed by atoms with E-state index in [1.165, 1.54) is 12.1 Å². The van der Waals surface area contributed by atoms with Gasteiger partial charge in [-0.1, -0.05) is 27.2 Å². The molecule has 3 unspecified atom stereocenters. The van der Waals surface area contributed by atoms with Crippen molar-refractivity contribution in [2.75, 3.05) is 0 Å². The second-order valence-electron chi connectivity index (χ2n) is 6.70. The van der Waals surface area contributed by atoms with Gasteiger partial charge in [0, 0.05) is 0 Å². The molecule has 114 valence electrons. The molecular formula is C18H24FNO. The van der Waals surface area contributed by atoms with E-state index in [0.717, 1.165) is 25.7 Å². The zero-order chi connectivity index (χ0) is 15.5. The number of hydrogen-bond acceptors (Lipinski definition) is 2. The van der Waals surface area contributed by atoms with E-state index >= 15 is 0 Å². The van der Waals surface area contributed by atoms with Crippen LogP contribution in [0.2, 0.25) is 0 Å². The number of rotatable bonds is 4. The highest BCUT2D eigenvalue weighted by atomic mass is 19.1. The first-order valence-corrected chi connectivity index (χ1v) is 7.78. The zero-order valence-corrected chi connectivity index (χ0v) is 13.1. The number of nitrogens with zero attached hydrogens (tertiary/aromatic N) is 1. The first-order chi connectivity index (χ1) is 9.96. The van der Waals surface area contributed by atoms with Gasteiger partial charge in [-0.3, -0.25) is 0 Å². The molecule has 0 heterocycles. The predicted octanol–water partition coefficient (Wildman–Crippen LogP) is 4.95. The van der Waals surface area contributed by atoms with Gasteiger partial charge in [0.05, 0.1) is 12.0 Å². The van der Waals surface area contributed by atoms with Crippen molar-refractivity contribution in [2.24, 2.45) is 17.3 Å². The van der Waals surface area contributed by atoms with Crippen LogP contribution < -0.4 is 4.74 Å². The first-order valence-electron chi connectivity index (χ1n) is 7.78. The van der Waals surface area contributed by atoms with Crippen molar-refractivity contribution in [3.63, 3.8) is 0 Å². The van der Waals surface area contributed by atoms with Crippen LogP contribution in [0.5, 0.6) is 5.75 Å². The highest BCUT2D eigenvalue weighted by Gasteiger charge is 2.38. The summed E-state index contributed by atoms with van der Waals surface area (Å²) in [5.74, 6) is 0.876. The van der Waals surface area contributed by atoms with Gasteiger partial charge in [0.25, 0.3) is 0 Å². The number of hydrogen-bond donors (Lipinski definition) is 0. The molecule has 0 spiro atoms. The van der Waals surface area contributed by atoms with Crippen LogP contribution in [0.4, 0.5) is 4.39 Å². The molecule has 1 fully saturated rings. The summed E-state index contributed by atoms with van der Waals surface area (Å²) < 4.78 is 19.0. The normalized spacial score (nSPS) is 26.1. The van der Waals surface area contributed by atoms with E-state index < -0.39 is 0 Å². The summed E-state index contributed by atoms with van der Waals surface area (Å²) in [5.41, 5.74) is 0.269. The molecule has 1 aromatic rings. The standard InChI is InChI=1S/C18H24FNO/c1-4-18(2,3)14-6-5-13(12-20)17(11-14)21-16-9-7-15(19)8-10-16/h7-10,13-14,17H,4-6,11H2,1-3H3. The van der Waals surface area contributed by atoms with Gasteiger partial charge in [-0.05, 0) is 54.9 Å². The Morgan fingerprint density at radius 3 is 2.52 bits per heavy atom. The molecule has 0 amide bonds. The molecule has 0 aromatic heterocycles. The van der Waals surface area contributed by atoms with E-state index in [0.29, 0.717) is 11.7 Å². The molecule has 1 aliphatic carbocycles. The molecule has 2 rings (SSSR count). The second kappa shape index (κ2) is 6.47. The van der Waals surface area contributed by atoms with Crippen LogP contribution in [-0.2, 0) is 0 Å². The molecule has 0 N–H and O–H groups in total. The lowest BCUT2D eigenvalue weighted by molar-refractivity contribution is 0.0409. The summed E-state index contributed by atoms with van der Waals surface area (Å²) >= 11 is 0. The van der Waals surface area contributed by atoms with E-state index in [9.17, 15) is 9.65 Å². The SMILES string of the molecule is CCC(C)(C)C1CCC(C#N)C(Oc2ccc(F)cc2)C1. The fourth-order valence-electron chi connectivity index (χ4n) is 3.09. The van der Waals surface area contributed by atoms with Gasteiger partial charge in [0.1, 0.15) is 17.7 Å². The van der Waals surface area contributed by atoms with Crippen molar-refractivity contribution < 1.29 is 9.13 Å². The third kappa shape index (κ3) is 3.75. The van der Waals surface area contributed by atoms with E-state index in [-0.39, 0.29) is 23.3 Å². The summed E-state index contributed by atoms with van der Waals surface area (Å²) in [6, 6.07) is 8.44. The fourth-order valence-corrected chi connectivity index (χ4v) is 3.09. The van der Waals surface area contributed by atoms with Crippen LogP contribution >= 0.6 is 0 Å². The molecule has 3 atom stereocenters. The highest BCUT2D eigenvalue weighted by molar-refractivity contribution is 5.23. The molecule has 1 aromatic carbocycles. The molecule has 1 aliphatic rings. The first kappa shape index (κ1) is 15.8. The minimum absolute atomic E-state index is 0.0704. The van der Waals surface area contributed by atoms with Crippen LogP contribution in [-0.4, -0.2) is 6.10 Å². The van der Waals surface area contributed by atoms with E-state index in [1.54, 1.807) is 12.1 Å². The van der Waals surface area contributed by atoms with Gasteiger partial charge in [0.2, 0.25) is 0 Å². The lowest BCUT2D eigenvalue weighted by atomic mass is 9.67. The zero-order valence-electron chi connectivity index (χ0n) is 13.1. The Hall–Kier alpha value is -1.56.